The first kappa shape index (κ1) is 16.1. The molecule has 1 aromatic carbocycles. The molecule has 1 heterocycles. The Kier molecular flexibility index (Phi) is 5.26. The van der Waals surface area contributed by atoms with Gasteiger partial charge in [0, 0.05) is 16.2 Å². The average Bonchev–Trinajstić information content (AvgIpc) is 2.45. The molecule has 0 saturated carbocycles. The zero-order valence-corrected chi connectivity index (χ0v) is 13.7. The summed E-state index contributed by atoms with van der Waals surface area (Å²) < 4.78 is 6.18. The normalized spacial score (nSPS) is 10.1. The van der Waals surface area contributed by atoms with Crippen LogP contribution in [-0.4, -0.2) is 22.4 Å². The van der Waals surface area contributed by atoms with Crippen molar-refractivity contribution >= 4 is 40.0 Å². The van der Waals surface area contributed by atoms with Gasteiger partial charge in [-0.25, -0.2) is 0 Å². The van der Waals surface area contributed by atoms with Crippen LogP contribution in [0.5, 0.6) is 5.75 Å². The first-order valence-electron chi connectivity index (χ1n) is 6.26. The van der Waals surface area contributed by atoms with Crippen LogP contribution >= 0.6 is 22.6 Å². The van der Waals surface area contributed by atoms with Crippen LogP contribution in [0.1, 0.15) is 5.69 Å². The third kappa shape index (κ3) is 4.38. The largest absolute Gasteiger partial charge is 0.476 e. The molecule has 0 radical (unpaired) electrons. The van der Waals surface area contributed by atoms with Crippen LogP contribution in [0.25, 0.3) is 0 Å². The van der Waals surface area contributed by atoms with Gasteiger partial charge in [-0.15, -0.1) is 0 Å². The van der Waals surface area contributed by atoms with E-state index in [1.807, 2.05) is 12.1 Å². The molecule has 1 aromatic heterocycles. The topological polar surface area (TPSA) is 94.4 Å². The van der Waals surface area contributed by atoms with Crippen molar-refractivity contribution in [2.75, 3.05) is 11.9 Å². The fourth-order valence-electron chi connectivity index (χ4n) is 1.68. The van der Waals surface area contributed by atoms with Crippen LogP contribution < -0.4 is 10.1 Å². The fourth-order valence-corrected chi connectivity index (χ4v) is 2.22. The Morgan fingerprint density at radius 1 is 1.41 bits per heavy atom. The van der Waals surface area contributed by atoms with E-state index < -0.39 is 16.6 Å². The van der Waals surface area contributed by atoms with Crippen molar-refractivity contribution in [1.82, 2.24) is 4.98 Å². The quantitative estimate of drug-likeness (QED) is 0.462. The number of anilines is 1. The Labute approximate surface area is 140 Å². The molecule has 8 heteroatoms. The lowest BCUT2D eigenvalue weighted by atomic mass is 10.3. The lowest BCUT2D eigenvalue weighted by molar-refractivity contribution is -0.390. The van der Waals surface area contributed by atoms with E-state index in [-0.39, 0.29) is 12.4 Å². The van der Waals surface area contributed by atoms with Gasteiger partial charge >= 0.3 is 5.82 Å². The Morgan fingerprint density at radius 3 is 2.86 bits per heavy atom. The number of hydrogen-bond donors (Lipinski definition) is 1. The van der Waals surface area contributed by atoms with Gasteiger partial charge in [-0.05, 0) is 62.8 Å². The fraction of sp³-hybridized carbons (Fsp3) is 0.143. The van der Waals surface area contributed by atoms with Crippen LogP contribution in [0.15, 0.2) is 36.4 Å². The average molecular weight is 413 g/mol. The molecule has 1 amide bonds. The number of hydrogen-bond acceptors (Lipinski definition) is 5. The number of pyridine rings is 1. The van der Waals surface area contributed by atoms with Crippen molar-refractivity contribution in [1.29, 1.82) is 0 Å². The van der Waals surface area contributed by atoms with Crippen LogP contribution in [0.3, 0.4) is 0 Å². The van der Waals surface area contributed by atoms with Gasteiger partial charge in [0.1, 0.15) is 5.69 Å². The third-order valence-electron chi connectivity index (χ3n) is 2.62. The van der Waals surface area contributed by atoms with Gasteiger partial charge in [0.15, 0.2) is 6.61 Å². The van der Waals surface area contributed by atoms with Gasteiger partial charge < -0.3 is 20.2 Å². The second-order valence-corrected chi connectivity index (χ2v) is 5.62. The molecule has 1 N–H and O–H groups in total. The van der Waals surface area contributed by atoms with Gasteiger partial charge in [0.25, 0.3) is 5.91 Å². The molecule has 0 unspecified atom stereocenters. The maximum atomic E-state index is 11.8. The maximum Gasteiger partial charge on any atom is 0.406 e. The van der Waals surface area contributed by atoms with Gasteiger partial charge in [0.2, 0.25) is 5.75 Å². The van der Waals surface area contributed by atoms with Crippen LogP contribution in [0, 0.1) is 20.6 Å². The third-order valence-corrected chi connectivity index (χ3v) is 3.29. The van der Waals surface area contributed by atoms with E-state index in [0.717, 1.165) is 3.57 Å². The van der Waals surface area contributed by atoms with Crippen molar-refractivity contribution in [2.24, 2.45) is 0 Å². The van der Waals surface area contributed by atoms with Crippen molar-refractivity contribution in [3.05, 3.63) is 55.8 Å². The number of nitro groups is 1. The molecule has 114 valence electrons. The summed E-state index contributed by atoms with van der Waals surface area (Å²) >= 11 is 2.13. The summed E-state index contributed by atoms with van der Waals surface area (Å²) in [4.78, 5) is 25.9. The van der Waals surface area contributed by atoms with Crippen molar-refractivity contribution in [2.45, 2.75) is 6.92 Å². The molecular weight excluding hydrogens is 401 g/mol. The summed E-state index contributed by atoms with van der Waals surface area (Å²) in [5.74, 6) is -0.840. The number of amides is 1. The second-order valence-electron chi connectivity index (χ2n) is 4.38. The second kappa shape index (κ2) is 7.16. The lowest BCUT2D eigenvalue weighted by Gasteiger charge is -2.08. The van der Waals surface area contributed by atoms with Gasteiger partial charge in [-0.1, -0.05) is 6.07 Å². The van der Waals surface area contributed by atoms with Crippen molar-refractivity contribution < 1.29 is 14.5 Å². The monoisotopic (exact) mass is 413 g/mol. The van der Waals surface area contributed by atoms with E-state index in [1.165, 1.54) is 6.07 Å². The minimum absolute atomic E-state index is 0.0339. The number of carbonyl (C=O) groups excluding carboxylic acids is 1. The van der Waals surface area contributed by atoms with E-state index in [9.17, 15) is 14.9 Å². The highest BCUT2D eigenvalue weighted by Gasteiger charge is 2.18. The number of halogens is 1. The standard InChI is InChI=1S/C14H12IN3O4/c1-9-5-6-12(14(16-9)18(20)21)22-8-13(19)17-11-4-2-3-10(15)7-11/h2-7H,8H2,1H3,(H,17,19). The lowest BCUT2D eigenvalue weighted by Crippen LogP contribution is -2.20. The summed E-state index contributed by atoms with van der Waals surface area (Å²) in [5.41, 5.74) is 1.14. The minimum atomic E-state index is -0.639. The molecule has 2 aromatic rings. The molecule has 0 fully saturated rings. The van der Waals surface area contributed by atoms with Crippen LogP contribution in [0.2, 0.25) is 0 Å². The highest BCUT2D eigenvalue weighted by Crippen LogP contribution is 2.24. The first-order chi connectivity index (χ1) is 10.5. The van der Waals surface area contributed by atoms with Gasteiger partial charge in [-0.3, -0.25) is 4.79 Å². The summed E-state index contributed by atoms with van der Waals surface area (Å²) in [6, 6.07) is 10.3. The van der Waals surface area contributed by atoms with E-state index >= 15 is 0 Å². The Hall–Kier alpha value is -2.23. The Bertz CT molecular complexity index is 721. The van der Waals surface area contributed by atoms with Crippen LogP contribution in [0.4, 0.5) is 11.5 Å². The predicted molar refractivity (Wildman–Crippen MR) is 88.9 cm³/mol. The first-order valence-corrected chi connectivity index (χ1v) is 7.34. The van der Waals surface area contributed by atoms with E-state index in [2.05, 4.69) is 32.9 Å². The summed E-state index contributed by atoms with van der Waals surface area (Å²) in [5, 5.41) is 13.6. The molecule has 0 spiro atoms. The van der Waals surface area contributed by atoms with Gasteiger partial charge in [-0.2, -0.15) is 0 Å². The predicted octanol–water partition coefficient (Wildman–Crippen LogP) is 2.92. The molecule has 22 heavy (non-hydrogen) atoms. The van der Waals surface area contributed by atoms with Crippen molar-refractivity contribution in [3.8, 4) is 5.75 Å². The molecule has 2 rings (SSSR count). The zero-order chi connectivity index (χ0) is 16.1. The number of nitrogens with one attached hydrogen (secondary N) is 1. The van der Waals surface area contributed by atoms with E-state index in [4.69, 9.17) is 4.74 Å². The number of benzene rings is 1. The van der Waals surface area contributed by atoms with E-state index in [1.54, 1.807) is 25.1 Å². The number of aromatic nitrogens is 1. The van der Waals surface area contributed by atoms with Crippen molar-refractivity contribution in [3.63, 3.8) is 0 Å². The number of rotatable bonds is 5. The highest BCUT2D eigenvalue weighted by molar-refractivity contribution is 14.1. The zero-order valence-electron chi connectivity index (χ0n) is 11.6. The summed E-state index contributed by atoms with van der Waals surface area (Å²) in [7, 11) is 0. The van der Waals surface area contributed by atoms with Gasteiger partial charge in [0.05, 0.1) is 0 Å². The van der Waals surface area contributed by atoms with Crippen LogP contribution in [-0.2, 0) is 4.79 Å². The molecule has 0 saturated heterocycles. The van der Waals surface area contributed by atoms with E-state index in [0.29, 0.717) is 11.4 Å². The molecule has 0 bridgehead atoms. The smallest absolute Gasteiger partial charge is 0.406 e. The maximum absolute atomic E-state index is 11.8. The molecule has 0 atom stereocenters. The summed E-state index contributed by atoms with van der Waals surface area (Å²) in [6.07, 6.45) is 0. The number of nitrogens with zero attached hydrogens (tertiary/aromatic N) is 2. The molecular formula is C14H12IN3O4. The SMILES string of the molecule is Cc1ccc(OCC(=O)Nc2cccc(I)c2)c([N+](=O)[O-])n1. The highest BCUT2D eigenvalue weighted by atomic mass is 127. The molecule has 0 aliphatic heterocycles. The number of ether oxygens (including phenoxy) is 1. The number of aryl methyl sites for hydroxylation is 1. The molecule has 0 aliphatic carbocycles. The minimum Gasteiger partial charge on any atom is -0.476 e. The molecule has 0 aliphatic rings. The molecule has 7 nitrogen and oxygen atoms in total. The summed E-state index contributed by atoms with van der Waals surface area (Å²) in [6.45, 7) is 1.30. The Morgan fingerprint density at radius 2 is 2.18 bits per heavy atom. The Balaban J connectivity index is 2.01. The number of carbonyl (C=O) groups is 1.